The van der Waals surface area contributed by atoms with Gasteiger partial charge < -0.3 is 9.30 Å². The van der Waals surface area contributed by atoms with Crippen LogP contribution in [0, 0.1) is 5.92 Å². The van der Waals surface area contributed by atoms with Gasteiger partial charge in [-0.15, -0.1) is 0 Å². The van der Waals surface area contributed by atoms with Crippen molar-refractivity contribution in [1.82, 2.24) is 14.4 Å². The fourth-order valence-electron chi connectivity index (χ4n) is 4.76. The minimum absolute atomic E-state index is 0.143. The van der Waals surface area contributed by atoms with Crippen LogP contribution < -0.4 is 4.74 Å². The van der Waals surface area contributed by atoms with Crippen LogP contribution in [0.5, 0.6) is 5.75 Å². The van der Waals surface area contributed by atoms with Crippen LogP contribution in [0.3, 0.4) is 0 Å². The Morgan fingerprint density at radius 3 is 2.57 bits per heavy atom. The molecule has 2 aromatic rings. The number of methoxy groups -OCH3 is 1. The van der Waals surface area contributed by atoms with Gasteiger partial charge in [-0.1, -0.05) is 12.1 Å². The SMILES string of the molecule is COc1ccc(CN2C[C@@H]3CC[C@H](C2)N(Cc2cc(C(C)=O)cn2C)C3)cc1. The molecule has 28 heavy (non-hydrogen) atoms. The number of aryl methyl sites for hydroxylation is 1. The number of rotatable bonds is 6. The summed E-state index contributed by atoms with van der Waals surface area (Å²) in [6.45, 7) is 7.02. The first-order valence-electron chi connectivity index (χ1n) is 10.3. The molecule has 5 heteroatoms. The van der Waals surface area contributed by atoms with E-state index in [-0.39, 0.29) is 5.78 Å². The van der Waals surface area contributed by atoms with Crippen LogP contribution in [0.4, 0.5) is 0 Å². The molecule has 1 aromatic heterocycles. The first kappa shape index (κ1) is 19.2. The molecule has 5 nitrogen and oxygen atoms in total. The average molecular weight is 382 g/mol. The third-order valence-corrected chi connectivity index (χ3v) is 6.35. The van der Waals surface area contributed by atoms with Crippen LogP contribution in [0.1, 0.15) is 41.4 Å². The maximum atomic E-state index is 11.7. The molecule has 0 amide bonds. The molecule has 1 aromatic carbocycles. The van der Waals surface area contributed by atoms with E-state index >= 15 is 0 Å². The fraction of sp³-hybridized carbons (Fsp3) is 0.522. The molecule has 3 fully saturated rings. The first-order valence-corrected chi connectivity index (χ1v) is 10.3. The van der Waals surface area contributed by atoms with E-state index in [2.05, 4.69) is 44.7 Å². The summed E-state index contributed by atoms with van der Waals surface area (Å²) in [7, 11) is 3.76. The number of carbonyl (C=O) groups excluding carboxylic acids is 1. The van der Waals surface area contributed by atoms with E-state index in [4.69, 9.17) is 4.74 Å². The number of aromatic nitrogens is 1. The highest BCUT2D eigenvalue weighted by Gasteiger charge is 2.35. The van der Waals surface area contributed by atoms with Crippen LogP contribution in [-0.2, 0) is 20.1 Å². The number of carbonyl (C=O) groups is 1. The normalized spacial score (nSPS) is 23.0. The van der Waals surface area contributed by atoms with Gasteiger partial charge in [-0.2, -0.15) is 0 Å². The Bertz CT molecular complexity index is 827. The average Bonchev–Trinajstić information content (AvgIpc) is 2.85. The minimum atomic E-state index is 0.143. The molecule has 0 saturated carbocycles. The summed E-state index contributed by atoms with van der Waals surface area (Å²) in [6.07, 6.45) is 4.56. The molecule has 3 saturated heterocycles. The van der Waals surface area contributed by atoms with Crippen molar-refractivity contribution in [3.63, 3.8) is 0 Å². The van der Waals surface area contributed by atoms with Crippen molar-refractivity contribution in [3.8, 4) is 5.75 Å². The number of nitrogens with zero attached hydrogens (tertiary/aromatic N) is 3. The molecule has 150 valence electrons. The molecule has 5 rings (SSSR count). The van der Waals surface area contributed by atoms with Crippen molar-refractivity contribution >= 4 is 5.78 Å². The lowest BCUT2D eigenvalue weighted by atomic mass is 9.95. The summed E-state index contributed by atoms with van der Waals surface area (Å²) in [5.41, 5.74) is 3.40. The number of ketones is 1. The van der Waals surface area contributed by atoms with Crippen LogP contribution in [0.2, 0.25) is 0 Å². The van der Waals surface area contributed by atoms with Gasteiger partial charge in [0.1, 0.15) is 5.75 Å². The Morgan fingerprint density at radius 1 is 1.11 bits per heavy atom. The zero-order chi connectivity index (χ0) is 19.7. The van der Waals surface area contributed by atoms with Crippen molar-refractivity contribution in [2.75, 3.05) is 26.7 Å². The smallest absolute Gasteiger partial charge is 0.161 e. The monoisotopic (exact) mass is 381 g/mol. The van der Waals surface area contributed by atoms with Gasteiger partial charge in [0.05, 0.1) is 7.11 Å². The molecule has 0 spiro atoms. The summed E-state index contributed by atoms with van der Waals surface area (Å²) in [5, 5.41) is 0. The van der Waals surface area contributed by atoms with Crippen molar-refractivity contribution in [3.05, 3.63) is 53.3 Å². The second-order valence-corrected chi connectivity index (χ2v) is 8.46. The van der Waals surface area contributed by atoms with Gasteiger partial charge in [0.25, 0.3) is 0 Å². The molecule has 0 aliphatic carbocycles. The van der Waals surface area contributed by atoms with Gasteiger partial charge in [0, 0.05) is 63.3 Å². The van der Waals surface area contributed by atoms with Crippen LogP contribution in [-0.4, -0.2) is 52.9 Å². The fourth-order valence-corrected chi connectivity index (χ4v) is 4.76. The van der Waals surface area contributed by atoms with Gasteiger partial charge >= 0.3 is 0 Å². The second kappa shape index (κ2) is 8.10. The highest BCUT2D eigenvalue weighted by atomic mass is 16.5. The topological polar surface area (TPSA) is 37.7 Å². The Balaban J connectivity index is 1.43. The highest BCUT2D eigenvalue weighted by Crippen LogP contribution is 2.30. The number of hydrogen-bond acceptors (Lipinski definition) is 4. The lowest BCUT2D eigenvalue weighted by molar-refractivity contribution is 0.101. The largest absolute Gasteiger partial charge is 0.497 e. The molecule has 0 radical (unpaired) electrons. The molecule has 2 bridgehead atoms. The highest BCUT2D eigenvalue weighted by molar-refractivity contribution is 5.94. The molecule has 0 unspecified atom stereocenters. The van der Waals surface area contributed by atoms with Crippen LogP contribution >= 0.6 is 0 Å². The second-order valence-electron chi connectivity index (χ2n) is 8.46. The lowest BCUT2D eigenvalue weighted by Gasteiger charge is -2.36. The summed E-state index contributed by atoms with van der Waals surface area (Å²) in [5.74, 6) is 1.79. The summed E-state index contributed by atoms with van der Waals surface area (Å²) < 4.78 is 7.39. The maximum absolute atomic E-state index is 11.7. The summed E-state index contributed by atoms with van der Waals surface area (Å²) >= 11 is 0. The standard InChI is InChI=1S/C23H31N3O2/c1-17(27)20-10-22(24(2)14-20)16-26-13-19-4-7-21(26)15-25(12-19)11-18-5-8-23(28-3)9-6-18/h5-6,8-10,14,19,21H,4,7,11-13,15-16H2,1-3H3/t19-,21+/m0/s1. The molecular formula is C23H31N3O2. The number of hydrogen-bond donors (Lipinski definition) is 0. The number of benzene rings is 1. The molecular weight excluding hydrogens is 350 g/mol. The third-order valence-electron chi connectivity index (χ3n) is 6.35. The minimum Gasteiger partial charge on any atom is -0.497 e. The molecule has 0 N–H and O–H groups in total. The number of piperidine rings is 1. The van der Waals surface area contributed by atoms with Gasteiger partial charge in [-0.3, -0.25) is 14.6 Å². The number of fused-ring (bicyclic) bond motifs is 4. The van der Waals surface area contributed by atoms with Crippen molar-refractivity contribution in [2.45, 2.75) is 38.9 Å². The van der Waals surface area contributed by atoms with E-state index in [1.165, 1.54) is 30.6 Å². The van der Waals surface area contributed by atoms with Crippen molar-refractivity contribution in [2.24, 2.45) is 13.0 Å². The molecule has 3 aliphatic rings. The molecule has 3 aliphatic heterocycles. The van der Waals surface area contributed by atoms with Gasteiger partial charge in [0.15, 0.2) is 5.78 Å². The first-order chi connectivity index (χ1) is 13.5. The summed E-state index contributed by atoms with van der Waals surface area (Å²) in [6, 6.07) is 11.1. The predicted octanol–water partition coefficient (Wildman–Crippen LogP) is 3.33. The van der Waals surface area contributed by atoms with Crippen molar-refractivity contribution in [1.29, 1.82) is 0 Å². The zero-order valence-corrected chi connectivity index (χ0v) is 17.2. The van der Waals surface area contributed by atoms with Crippen LogP contribution in [0.25, 0.3) is 0 Å². The Morgan fingerprint density at radius 2 is 1.89 bits per heavy atom. The van der Waals surface area contributed by atoms with E-state index in [1.54, 1.807) is 14.0 Å². The third kappa shape index (κ3) is 4.15. The van der Waals surface area contributed by atoms with E-state index in [9.17, 15) is 4.79 Å². The van der Waals surface area contributed by atoms with E-state index in [0.717, 1.165) is 43.4 Å². The van der Waals surface area contributed by atoms with E-state index in [1.807, 2.05) is 13.2 Å². The number of ether oxygens (including phenoxy) is 1. The maximum Gasteiger partial charge on any atom is 0.161 e. The van der Waals surface area contributed by atoms with Crippen molar-refractivity contribution < 1.29 is 9.53 Å². The zero-order valence-electron chi connectivity index (χ0n) is 17.2. The Labute approximate surface area is 167 Å². The van der Waals surface area contributed by atoms with Crippen LogP contribution in [0.15, 0.2) is 36.5 Å². The Hall–Kier alpha value is -2.11. The number of Topliss-reactive ketones (excluding diaryl/α,β-unsaturated/α-hetero) is 1. The van der Waals surface area contributed by atoms with E-state index < -0.39 is 0 Å². The predicted molar refractivity (Wildman–Crippen MR) is 111 cm³/mol. The molecule has 2 atom stereocenters. The molecule has 4 heterocycles. The van der Waals surface area contributed by atoms with Gasteiger partial charge in [-0.05, 0) is 49.4 Å². The van der Waals surface area contributed by atoms with Gasteiger partial charge in [0.2, 0.25) is 0 Å². The quantitative estimate of drug-likeness (QED) is 0.720. The summed E-state index contributed by atoms with van der Waals surface area (Å²) in [4.78, 5) is 17.0. The van der Waals surface area contributed by atoms with Gasteiger partial charge in [-0.25, -0.2) is 0 Å². The van der Waals surface area contributed by atoms with E-state index in [0.29, 0.717) is 6.04 Å². The Kier molecular flexibility index (Phi) is 5.56. The lowest BCUT2D eigenvalue weighted by Crippen LogP contribution is -2.43.